The number of nitrogens with zero attached hydrogens (tertiary/aromatic N) is 2. The summed E-state index contributed by atoms with van der Waals surface area (Å²) in [7, 11) is -2.19. The maximum Gasteiger partial charge on any atom is 0.247 e. The molecule has 9 heteroatoms. The molecular weight excluding hydrogens is 432 g/mol. The van der Waals surface area contributed by atoms with Crippen molar-refractivity contribution in [3.8, 4) is 17.6 Å². The summed E-state index contributed by atoms with van der Waals surface area (Å²) in [5.41, 5.74) is 0.510. The van der Waals surface area contributed by atoms with Gasteiger partial charge < -0.3 is 19.8 Å². The summed E-state index contributed by atoms with van der Waals surface area (Å²) in [6.07, 6.45) is 0.527. The smallest absolute Gasteiger partial charge is 0.247 e. The van der Waals surface area contributed by atoms with Gasteiger partial charge in [-0.25, -0.2) is 8.42 Å². The van der Waals surface area contributed by atoms with E-state index in [4.69, 9.17) is 4.74 Å². The van der Waals surface area contributed by atoms with E-state index in [2.05, 4.69) is 11.8 Å². The standard InChI is InChI=1S/C23H32N2O6S/c1-15-12-25(16(2)14-26)32(29,30)22-10-7-18(6-5-17(3)27)11-20(22)31-21(15)13-24(4)23(28)19-8-9-19/h7,10-11,15-17,19,21,26-27H,8-9,12-14H2,1-4H3/t15-,16+,17+,21-/m1/s1. The van der Waals surface area contributed by atoms with Crippen molar-refractivity contribution in [2.24, 2.45) is 11.8 Å². The number of hydrogen-bond donors (Lipinski definition) is 2. The van der Waals surface area contributed by atoms with Crippen LogP contribution in [0.5, 0.6) is 5.75 Å². The Kier molecular flexibility index (Phi) is 7.50. The highest BCUT2D eigenvalue weighted by atomic mass is 32.2. The first-order valence-corrected chi connectivity index (χ1v) is 12.4. The predicted octanol–water partition coefficient (Wildman–Crippen LogP) is 1.06. The molecule has 1 amide bonds. The fourth-order valence-electron chi connectivity index (χ4n) is 3.71. The van der Waals surface area contributed by atoms with Crippen molar-refractivity contribution in [1.82, 2.24) is 9.21 Å². The minimum Gasteiger partial charge on any atom is -0.487 e. The summed E-state index contributed by atoms with van der Waals surface area (Å²) in [6, 6.07) is 3.95. The van der Waals surface area contributed by atoms with E-state index in [1.807, 2.05) is 6.92 Å². The van der Waals surface area contributed by atoms with Crippen LogP contribution in [0.1, 0.15) is 39.2 Å². The van der Waals surface area contributed by atoms with E-state index in [1.165, 1.54) is 10.4 Å². The van der Waals surface area contributed by atoms with E-state index >= 15 is 0 Å². The molecule has 2 N–H and O–H groups in total. The van der Waals surface area contributed by atoms with E-state index in [9.17, 15) is 23.4 Å². The summed E-state index contributed by atoms with van der Waals surface area (Å²) in [5.74, 6) is 5.52. The maximum absolute atomic E-state index is 13.4. The molecule has 1 aliphatic carbocycles. The number of aliphatic hydroxyl groups is 2. The van der Waals surface area contributed by atoms with Gasteiger partial charge in [-0.2, -0.15) is 4.31 Å². The monoisotopic (exact) mass is 464 g/mol. The topological polar surface area (TPSA) is 107 Å². The van der Waals surface area contributed by atoms with Gasteiger partial charge in [0.25, 0.3) is 0 Å². The van der Waals surface area contributed by atoms with Crippen LogP contribution in [0, 0.1) is 23.7 Å². The van der Waals surface area contributed by atoms with Gasteiger partial charge in [0.05, 0.1) is 13.2 Å². The van der Waals surface area contributed by atoms with E-state index in [0.29, 0.717) is 12.1 Å². The highest BCUT2D eigenvalue weighted by Crippen LogP contribution is 2.35. The zero-order valence-electron chi connectivity index (χ0n) is 19.0. The van der Waals surface area contributed by atoms with Crippen molar-refractivity contribution in [3.05, 3.63) is 23.8 Å². The van der Waals surface area contributed by atoms with Gasteiger partial charge >= 0.3 is 0 Å². The summed E-state index contributed by atoms with van der Waals surface area (Å²) in [4.78, 5) is 14.2. The summed E-state index contributed by atoms with van der Waals surface area (Å²) in [6.45, 7) is 5.25. The van der Waals surface area contributed by atoms with Gasteiger partial charge in [0, 0.05) is 37.0 Å². The van der Waals surface area contributed by atoms with Crippen molar-refractivity contribution >= 4 is 15.9 Å². The van der Waals surface area contributed by atoms with Crippen LogP contribution >= 0.6 is 0 Å². The fraction of sp³-hybridized carbons (Fsp3) is 0.609. The number of hydrogen-bond acceptors (Lipinski definition) is 6. The normalized spacial score (nSPS) is 24.6. The second kappa shape index (κ2) is 9.79. The maximum atomic E-state index is 13.4. The highest BCUT2D eigenvalue weighted by molar-refractivity contribution is 7.89. The predicted molar refractivity (Wildman–Crippen MR) is 119 cm³/mol. The van der Waals surface area contributed by atoms with Gasteiger partial charge in [-0.15, -0.1) is 0 Å². The lowest BCUT2D eigenvalue weighted by Crippen LogP contribution is -2.50. The molecule has 3 rings (SSSR count). The van der Waals surface area contributed by atoms with E-state index < -0.39 is 28.3 Å². The second-order valence-electron chi connectivity index (χ2n) is 8.84. The molecule has 176 valence electrons. The molecule has 0 aromatic heterocycles. The van der Waals surface area contributed by atoms with Gasteiger partial charge in [-0.3, -0.25) is 4.79 Å². The molecule has 0 saturated heterocycles. The molecule has 8 nitrogen and oxygen atoms in total. The van der Waals surface area contributed by atoms with Crippen LogP contribution in [0.15, 0.2) is 23.1 Å². The number of benzene rings is 1. The van der Waals surface area contributed by atoms with Crippen LogP contribution in [-0.4, -0.2) is 78.7 Å². The Balaban J connectivity index is 2.03. The molecule has 1 aromatic rings. The number of aliphatic hydroxyl groups excluding tert-OH is 2. The first-order valence-electron chi connectivity index (χ1n) is 10.9. The molecule has 4 atom stereocenters. The molecule has 32 heavy (non-hydrogen) atoms. The van der Waals surface area contributed by atoms with Gasteiger partial charge in [0.15, 0.2) is 0 Å². The first kappa shape index (κ1) is 24.5. The number of rotatable bonds is 5. The number of fused-ring (bicyclic) bond motifs is 1. The Hall–Kier alpha value is -2.12. The van der Waals surface area contributed by atoms with E-state index in [-0.39, 0.29) is 41.5 Å². The Morgan fingerprint density at radius 2 is 2.03 bits per heavy atom. The zero-order chi connectivity index (χ0) is 23.6. The average Bonchev–Trinajstić information content (AvgIpc) is 3.58. The summed E-state index contributed by atoms with van der Waals surface area (Å²) in [5, 5.41) is 19.2. The van der Waals surface area contributed by atoms with Crippen LogP contribution in [0.4, 0.5) is 0 Å². The Labute approximate surface area is 190 Å². The second-order valence-corrected chi connectivity index (χ2v) is 10.7. The van der Waals surface area contributed by atoms with E-state index in [1.54, 1.807) is 37.9 Å². The summed E-state index contributed by atoms with van der Waals surface area (Å²) >= 11 is 0. The highest BCUT2D eigenvalue weighted by Gasteiger charge is 2.39. The number of amides is 1. The molecule has 0 radical (unpaired) electrons. The fourth-order valence-corrected chi connectivity index (χ4v) is 5.54. The van der Waals surface area contributed by atoms with Crippen LogP contribution in [0.2, 0.25) is 0 Å². The molecule has 1 aliphatic heterocycles. The van der Waals surface area contributed by atoms with Crippen LogP contribution in [-0.2, 0) is 14.8 Å². The lowest BCUT2D eigenvalue weighted by atomic mass is 10.0. The number of ether oxygens (including phenoxy) is 1. The quantitative estimate of drug-likeness (QED) is 0.631. The molecule has 0 spiro atoms. The third-order valence-electron chi connectivity index (χ3n) is 5.85. The third-order valence-corrected chi connectivity index (χ3v) is 7.87. The van der Waals surface area contributed by atoms with E-state index in [0.717, 1.165) is 12.8 Å². The van der Waals surface area contributed by atoms with Crippen molar-refractivity contribution < 1.29 is 28.2 Å². The largest absolute Gasteiger partial charge is 0.487 e. The molecule has 1 fully saturated rings. The van der Waals surface area contributed by atoms with Crippen LogP contribution in [0.25, 0.3) is 0 Å². The summed E-state index contributed by atoms with van der Waals surface area (Å²) < 4.78 is 34.4. The SMILES string of the molecule is C[C@H](O)C#Cc1ccc2c(c1)O[C@H](CN(C)C(=O)C1CC1)[C@H](C)CN([C@@H](C)CO)S2(=O)=O. The Bertz CT molecular complexity index is 1010. The third kappa shape index (κ3) is 5.44. The Morgan fingerprint density at radius 3 is 2.62 bits per heavy atom. The zero-order valence-corrected chi connectivity index (χ0v) is 19.8. The van der Waals surface area contributed by atoms with Gasteiger partial charge in [-0.1, -0.05) is 18.8 Å². The molecule has 1 aromatic carbocycles. The number of carbonyl (C=O) groups is 1. The van der Waals surface area contributed by atoms with Gasteiger partial charge in [0.1, 0.15) is 22.9 Å². The van der Waals surface area contributed by atoms with Gasteiger partial charge in [0.2, 0.25) is 15.9 Å². The first-order chi connectivity index (χ1) is 15.0. The molecule has 1 heterocycles. The Morgan fingerprint density at radius 1 is 1.34 bits per heavy atom. The number of carbonyl (C=O) groups excluding carboxylic acids is 1. The van der Waals surface area contributed by atoms with Crippen molar-refractivity contribution in [2.45, 2.75) is 56.8 Å². The minimum absolute atomic E-state index is 0.00605. The molecule has 1 saturated carbocycles. The molecule has 0 bridgehead atoms. The molecule has 0 unspecified atom stereocenters. The van der Waals surface area contributed by atoms with Crippen molar-refractivity contribution in [1.29, 1.82) is 0 Å². The van der Waals surface area contributed by atoms with Crippen molar-refractivity contribution in [2.75, 3.05) is 26.7 Å². The minimum atomic E-state index is -3.94. The molecule has 2 aliphatic rings. The van der Waals surface area contributed by atoms with Crippen LogP contribution in [0.3, 0.4) is 0 Å². The number of likely N-dealkylation sites (N-methyl/N-ethyl adjacent to an activating group) is 1. The van der Waals surface area contributed by atoms with Crippen molar-refractivity contribution in [3.63, 3.8) is 0 Å². The molecular formula is C23H32N2O6S. The van der Waals surface area contributed by atoms with Crippen LogP contribution < -0.4 is 4.74 Å². The lowest BCUT2D eigenvalue weighted by molar-refractivity contribution is -0.132. The number of sulfonamides is 1. The lowest BCUT2D eigenvalue weighted by Gasteiger charge is -2.37. The van der Waals surface area contributed by atoms with Gasteiger partial charge in [-0.05, 0) is 44.9 Å². The average molecular weight is 465 g/mol.